The molecule has 1 saturated heterocycles. The first-order valence-electron chi connectivity index (χ1n) is 10.6. The highest BCUT2D eigenvalue weighted by Crippen LogP contribution is 2.35. The van der Waals surface area contributed by atoms with Crippen molar-refractivity contribution in [1.29, 1.82) is 0 Å². The van der Waals surface area contributed by atoms with Crippen molar-refractivity contribution in [2.24, 2.45) is 0 Å². The summed E-state index contributed by atoms with van der Waals surface area (Å²) in [5.41, 5.74) is 1.71. The Hall–Kier alpha value is -3.39. The zero-order valence-corrected chi connectivity index (χ0v) is 18.3. The van der Waals surface area contributed by atoms with Crippen LogP contribution in [-0.4, -0.2) is 58.6 Å². The predicted octanol–water partition coefficient (Wildman–Crippen LogP) is 3.41. The first-order chi connectivity index (χ1) is 15.6. The zero-order valence-electron chi connectivity index (χ0n) is 17.5. The second-order valence-electron chi connectivity index (χ2n) is 7.98. The Kier molecular flexibility index (Phi) is 5.53. The SMILES string of the molecule is O=C(CC(c1cccs1)N1Cc2ccccc2C1=O)N1CCN(C(=O)c2ccco2)CC1. The van der Waals surface area contributed by atoms with Gasteiger partial charge in [0.25, 0.3) is 11.8 Å². The fourth-order valence-corrected chi connectivity index (χ4v) is 5.22. The molecule has 2 aliphatic heterocycles. The summed E-state index contributed by atoms with van der Waals surface area (Å²) in [6.07, 6.45) is 1.71. The first-order valence-corrected chi connectivity index (χ1v) is 11.5. The number of amides is 3. The van der Waals surface area contributed by atoms with E-state index < -0.39 is 0 Å². The lowest BCUT2D eigenvalue weighted by molar-refractivity contribution is -0.133. The van der Waals surface area contributed by atoms with Crippen LogP contribution in [-0.2, 0) is 11.3 Å². The molecule has 0 radical (unpaired) electrons. The molecule has 164 valence electrons. The molecule has 0 saturated carbocycles. The number of benzene rings is 1. The van der Waals surface area contributed by atoms with E-state index in [0.717, 1.165) is 10.4 Å². The maximum Gasteiger partial charge on any atom is 0.289 e. The molecule has 32 heavy (non-hydrogen) atoms. The molecule has 1 unspecified atom stereocenters. The largest absolute Gasteiger partial charge is 0.459 e. The van der Waals surface area contributed by atoms with Gasteiger partial charge < -0.3 is 19.1 Å². The quantitative estimate of drug-likeness (QED) is 0.598. The van der Waals surface area contributed by atoms with Gasteiger partial charge in [0.1, 0.15) is 0 Å². The second-order valence-corrected chi connectivity index (χ2v) is 8.96. The van der Waals surface area contributed by atoms with Crippen LogP contribution >= 0.6 is 11.3 Å². The maximum atomic E-state index is 13.2. The number of hydrogen-bond donors (Lipinski definition) is 0. The Morgan fingerprint density at radius 2 is 1.75 bits per heavy atom. The van der Waals surface area contributed by atoms with Crippen LogP contribution in [0, 0.1) is 0 Å². The molecule has 4 heterocycles. The highest BCUT2D eigenvalue weighted by Gasteiger charge is 2.36. The van der Waals surface area contributed by atoms with Crippen molar-refractivity contribution in [2.75, 3.05) is 26.2 Å². The van der Waals surface area contributed by atoms with Crippen molar-refractivity contribution in [1.82, 2.24) is 14.7 Å². The average Bonchev–Trinajstić information content (AvgIpc) is 3.59. The zero-order chi connectivity index (χ0) is 22.1. The molecule has 3 amide bonds. The van der Waals surface area contributed by atoms with Gasteiger partial charge in [0.15, 0.2) is 5.76 Å². The third-order valence-corrected chi connectivity index (χ3v) is 7.09. The van der Waals surface area contributed by atoms with Crippen LogP contribution in [0.5, 0.6) is 0 Å². The van der Waals surface area contributed by atoms with Crippen LogP contribution in [0.25, 0.3) is 0 Å². The van der Waals surface area contributed by atoms with Gasteiger partial charge in [-0.25, -0.2) is 0 Å². The van der Waals surface area contributed by atoms with Crippen LogP contribution in [0.15, 0.2) is 64.6 Å². The molecule has 1 aromatic carbocycles. The Morgan fingerprint density at radius 1 is 0.969 bits per heavy atom. The second kappa shape index (κ2) is 8.63. The smallest absolute Gasteiger partial charge is 0.289 e. The van der Waals surface area contributed by atoms with Gasteiger partial charge in [-0.1, -0.05) is 24.3 Å². The van der Waals surface area contributed by atoms with Gasteiger partial charge in [0, 0.05) is 43.2 Å². The summed E-state index contributed by atoms with van der Waals surface area (Å²) in [5, 5.41) is 1.97. The number of carbonyl (C=O) groups excluding carboxylic acids is 3. The number of carbonyl (C=O) groups is 3. The number of piperazine rings is 1. The minimum absolute atomic E-state index is 0.00254. The fourth-order valence-electron chi connectivity index (χ4n) is 4.38. The van der Waals surface area contributed by atoms with Gasteiger partial charge in [-0.15, -0.1) is 11.3 Å². The lowest BCUT2D eigenvalue weighted by Gasteiger charge is -2.36. The first kappa shape index (κ1) is 20.5. The normalized spacial score (nSPS) is 16.9. The highest BCUT2D eigenvalue weighted by molar-refractivity contribution is 7.10. The summed E-state index contributed by atoms with van der Waals surface area (Å²) >= 11 is 1.56. The molecule has 3 aromatic rings. The average molecular weight is 450 g/mol. The number of rotatable bonds is 5. The number of hydrogen-bond acceptors (Lipinski definition) is 5. The summed E-state index contributed by atoms with van der Waals surface area (Å²) in [5.74, 6) is 0.131. The molecule has 8 heteroatoms. The molecule has 1 atom stereocenters. The lowest BCUT2D eigenvalue weighted by Crippen LogP contribution is -2.51. The molecular formula is C24H23N3O4S. The van der Waals surface area contributed by atoms with Gasteiger partial charge in [-0.2, -0.15) is 0 Å². The summed E-state index contributed by atoms with van der Waals surface area (Å²) in [7, 11) is 0. The molecule has 0 aliphatic carbocycles. The van der Waals surface area contributed by atoms with E-state index in [1.165, 1.54) is 6.26 Å². The number of furan rings is 1. The molecule has 2 aromatic heterocycles. The van der Waals surface area contributed by atoms with Crippen molar-refractivity contribution in [3.05, 3.63) is 81.9 Å². The van der Waals surface area contributed by atoms with Crippen molar-refractivity contribution in [2.45, 2.75) is 19.0 Å². The molecule has 0 bridgehead atoms. The third kappa shape index (κ3) is 3.82. The van der Waals surface area contributed by atoms with Gasteiger partial charge >= 0.3 is 0 Å². The molecule has 7 nitrogen and oxygen atoms in total. The Balaban J connectivity index is 1.27. The van der Waals surface area contributed by atoms with Crippen LogP contribution in [0.1, 0.15) is 43.8 Å². The number of thiophene rings is 1. The van der Waals surface area contributed by atoms with Crippen molar-refractivity contribution >= 4 is 29.1 Å². The van der Waals surface area contributed by atoms with E-state index in [9.17, 15) is 14.4 Å². The number of nitrogens with zero attached hydrogens (tertiary/aromatic N) is 3. The van der Waals surface area contributed by atoms with E-state index in [-0.39, 0.29) is 30.2 Å². The van der Waals surface area contributed by atoms with E-state index in [4.69, 9.17) is 4.42 Å². The standard InChI is InChI=1S/C24H23N3O4S/c28-22(25-9-11-26(12-10-25)24(30)20-7-3-13-31-20)15-19(21-8-4-14-32-21)27-16-17-5-1-2-6-18(17)23(27)29/h1-8,13-14,19H,9-12,15-16H2. The van der Waals surface area contributed by atoms with Crippen molar-refractivity contribution in [3.63, 3.8) is 0 Å². The molecular weight excluding hydrogens is 426 g/mol. The van der Waals surface area contributed by atoms with E-state index >= 15 is 0 Å². The van der Waals surface area contributed by atoms with Crippen LogP contribution in [0.2, 0.25) is 0 Å². The molecule has 0 N–H and O–H groups in total. The van der Waals surface area contributed by atoms with Crippen LogP contribution in [0.4, 0.5) is 0 Å². The fraction of sp³-hybridized carbons (Fsp3) is 0.292. The van der Waals surface area contributed by atoms with E-state index in [1.807, 2.05) is 46.7 Å². The van der Waals surface area contributed by atoms with Crippen molar-refractivity contribution in [3.8, 4) is 0 Å². The van der Waals surface area contributed by atoms with Gasteiger partial charge in [-0.3, -0.25) is 14.4 Å². The van der Waals surface area contributed by atoms with E-state index in [1.54, 1.807) is 33.3 Å². The predicted molar refractivity (Wildman–Crippen MR) is 119 cm³/mol. The molecule has 5 rings (SSSR count). The summed E-state index contributed by atoms with van der Waals surface area (Å²) in [6.45, 7) is 2.37. The van der Waals surface area contributed by atoms with E-state index in [0.29, 0.717) is 44.0 Å². The monoisotopic (exact) mass is 449 g/mol. The topological polar surface area (TPSA) is 74.1 Å². The lowest BCUT2D eigenvalue weighted by atomic mass is 10.1. The Labute approximate surface area is 189 Å². The molecule has 1 fully saturated rings. The maximum absolute atomic E-state index is 13.2. The van der Waals surface area contributed by atoms with Crippen LogP contribution in [0.3, 0.4) is 0 Å². The number of fused-ring (bicyclic) bond motifs is 1. The summed E-state index contributed by atoms with van der Waals surface area (Å²) in [4.78, 5) is 45.1. The van der Waals surface area contributed by atoms with Gasteiger partial charge in [0.05, 0.1) is 18.7 Å². The van der Waals surface area contributed by atoms with E-state index in [2.05, 4.69) is 0 Å². The summed E-state index contributed by atoms with van der Waals surface area (Å²) < 4.78 is 5.20. The molecule has 0 spiro atoms. The highest BCUT2D eigenvalue weighted by atomic mass is 32.1. The van der Waals surface area contributed by atoms with Crippen molar-refractivity contribution < 1.29 is 18.8 Å². The van der Waals surface area contributed by atoms with Gasteiger partial charge in [-0.05, 0) is 35.2 Å². The summed E-state index contributed by atoms with van der Waals surface area (Å²) in [6, 6.07) is 14.6. The minimum Gasteiger partial charge on any atom is -0.459 e. The van der Waals surface area contributed by atoms with Gasteiger partial charge in [0.2, 0.25) is 5.91 Å². The Bertz CT molecular complexity index is 1120. The minimum atomic E-state index is -0.301. The Morgan fingerprint density at radius 3 is 2.44 bits per heavy atom. The third-order valence-electron chi connectivity index (χ3n) is 6.12. The van der Waals surface area contributed by atoms with Crippen LogP contribution < -0.4 is 0 Å². The molecule has 2 aliphatic rings.